The predicted octanol–water partition coefficient (Wildman–Crippen LogP) is 2.87. The monoisotopic (exact) mass is 505 g/mol. The Bertz CT molecular complexity index is 826. The quantitative estimate of drug-likeness (QED) is 0.359. The van der Waals surface area contributed by atoms with Crippen LogP contribution in [-0.2, 0) is 24.4 Å². The van der Waals surface area contributed by atoms with Crippen molar-refractivity contribution in [2.45, 2.75) is 19.6 Å². The summed E-state index contributed by atoms with van der Waals surface area (Å²) in [6.45, 7) is 5.90. The minimum atomic E-state index is 0. The van der Waals surface area contributed by atoms with Crippen LogP contribution < -0.4 is 10.6 Å². The number of benzene rings is 2. The minimum absolute atomic E-state index is 0. The van der Waals surface area contributed by atoms with Gasteiger partial charge in [-0.1, -0.05) is 36.4 Å². The first-order valence-electron chi connectivity index (χ1n) is 9.59. The van der Waals surface area contributed by atoms with Gasteiger partial charge in [0.05, 0.1) is 24.8 Å². The molecule has 1 saturated heterocycles. The van der Waals surface area contributed by atoms with Crippen LogP contribution in [0.25, 0.3) is 0 Å². The molecule has 29 heavy (non-hydrogen) atoms. The van der Waals surface area contributed by atoms with Gasteiger partial charge in [0, 0.05) is 39.8 Å². The molecule has 0 aromatic heterocycles. The predicted molar refractivity (Wildman–Crippen MR) is 126 cm³/mol. The first-order chi connectivity index (χ1) is 13.8. The van der Waals surface area contributed by atoms with Crippen molar-refractivity contribution >= 4 is 29.9 Å². The molecule has 0 amide bonds. The molecule has 6 nitrogen and oxygen atoms in total. The molecule has 1 heterocycles. The van der Waals surface area contributed by atoms with Crippen molar-refractivity contribution in [3.05, 3.63) is 70.8 Å². The van der Waals surface area contributed by atoms with Gasteiger partial charge < -0.3 is 15.4 Å². The molecule has 0 aliphatic carbocycles. The number of nitrogens with one attached hydrogen (secondary N) is 2. The highest BCUT2D eigenvalue weighted by molar-refractivity contribution is 14.0. The molecule has 7 heteroatoms. The number of nitrogens with zero attached hydrogens (tertiary/aromatic N) is 3. The summed E-state index contributed by atoms with van der Waals surface area (Å²) >= 11 is 0. The number of aliphatic imine (C=N–C) groups is 1. The van der Waals surface area contributed by atoms with Crippen LogP contribution in [0.2, 0.25) is 0 Å². The van der Waals surface area contributed by atoms with Gasteiger partial charge in [0.15, 0.2) is 5.96 Å². The second-order valence-corrected chi connectivity index (χ2v) is 6.75. The molecule has 1 aliphatic rings. The number of hydrogen-bond donors (Lipinski definition) is 2. The average molecular weight is 505 g/mol. The topological polar surface area (TPSA) is 72.7 Å². The third-order valence-corrected chi connectivity index (χ3v) is 4.83. The molecule has 0 radical (unpaired) electrons. The molecule has 3 rings (SSSR count). The van der Waals surface area contributed by atoms with Gasteiger partial charge >= 0.3 is 0 Å². The smallest absolute Gasteiger partial charge is 0.191 e. The van der Waals surface area contributed by atoms with E-state index in [1.54, 1.807) is 7.05 Å². The molecule has 0 atom stereocenters. The van der Waals surface area contributed by atoms with Crippen LogP contribution in [-0.4, -0.2) is 44.2 Å². The summed E-state index contributed by atoms with van der Waals surface area (Å²) in [5.74, 6) is 0.755. The van der Waals surface area contributed by atoms with Gasteiger partial charge in [-0.2, -0.15) is 5.26 Å². The lowest BCUT2D eigenvalue weighted by Gasteiger charge is -2.27. The van der Waals surface area contributed by atoms with E-state index in [-0.39, 0.29) is 24.0 Å². The van der Waals surface area contributed by atoms with Gasteiger partial charge in [0.1, 0.15) is 0 Å². The number of nitriles is 1. The average Bonchev–Trinajstić information content (AvgIpc) is 2.76. The fraction of sp³-hybridized carbons (Fsp3) is 0.364. The van der Waals surface area contributed by atoms with E-state index >= 15 is 0 Å². The second kappa shape index (κ2) is 12.4. The first kappa shape index (κ1) is 23.1. The Hall–Kier alpha value is -2.15. The molecular weight excluding hydrogens is 477 g/mol. The Kier molecular flexibility index (Phi) is 9.91. The Labute approximate surface area is 190 Å². The Morgan fingerprint density at radius 2 is 1.69 bits per heavy atom. The molecule has 1 fully saturated rings. The number of ether oxygens (including phenoxy) is 1. The van der Waals surface area contributed by atoms with Gasteiger partial charge in [-0.05, 0) is 28.8 Å². The largest absolute Gasteiger partial charge is 0.379 e. The van der Waals surface area contributed by atoms with E-state index in [1.165, 1.54) is 11.1 Å². The van der Waals surface area contributed by atoms with Crippen molar-refractivity contribution in [3.63, 3.8) is 0 Å². The zero-order valence-electron chi connectivity index (χ0n) is 16.7. The molecule has 2 N–H and O–H groups in total. The summed E-state index contributed by atoms with van der Waals surface area (Å²) in [6, 6.07) is 18.2. The molecule has 2 aromatic rings. The fourth-order valence-electron chi connectivity index (χ4n) is 3.17. The number of hydrogen-bond acceptors (Lipinski definition) is 4. The van der Waals surface area contributed by atoms with Crippen molar-refractivity contribution in [1.82, 2.24) is 15.5 Å². The Morgan fingerprint density at radius 1 is 1.03 bits per heavy atom. The van der Waals surface area contributed by atoms with E-state index in [0.717, 1.165) is 44.4 Å². The summed E-state index contributed by atoms with van der Waals surface area (Å²) in [6.07, 6.45) is 0. The maximum atomic E-state index is 8.88. The maximum absolute atomic E-state index is 8.88. The number of rotatable bonds is 6. The van der Waals surface area contributed by atoms with Crippen LogP contribution >= 0.6 is 24.0 Å². The zero-order chi connectivity index (χ0) is 19.6. The standard InChI is InChI=1S/C22H27N5O.HI/c1-24-22(25-15-19-8-6-18(14-23)7-9-19)26-16-20-4-2-3-5-21(20)17-27-10-12-28-13-11-27;/h2-9H,10-13,15-17H2,1H3,(H2,24,25,26);1H. The van der Waals surface area contributed by atoms with Crippen LogP contribution in [0, 0.1) is 11.3 Å². The van der Waals surface area contributed by atoms with Crippen LogP contribution in [0.5, 0.6) is 0 Å². The summed E-state index contributed by atoms with van der Waals surface area (Å²) in [5, 5.41) is 15.6. The lowest BCUT2D eigenvalue weighted by Crippen LogP contribution is -2.37. The van der Waals surface area contributed by atoms with Crippen molar-refractivity contribution in [2.24, 2.45) is 4.99 Å². The molecular formula is C22H28IN5O. The maximum Gasteiger partial charge on any atom is 0.191 e. The van der Waals surface area contributed by atoms with Crippen molar-refractivity contribution in [3.8, 4) is 6.07 Å². The molecule has 2 aromatic carbocycles. The Balaban J connectivity index is 0.00000300. The summed E-state index contributed by atoms with van der Waals surface area (Å²) < 4.78 is 5.44. The summed E-state index contributed by atoms with van der Waals surface area (Å²) in [5.41, 5.74) is 4.38. The second-order valence-electron chi connectivity index (χ2n) is 6.75. The Morgan fingerprint density at radius 3 is 2.34 bits per heavy atom. The molecule has 0 saturated carbocycles. The minimum Gasteiger partial charge on any atom is -0.379 e. The lowest BCUT2D eigenvalue weighted by atomic mass is 10.1. The van der Waals surface area contributed by atoms with E-state index in [1.807, 2.05) is 24.3 Å². The molecule has 154 valence electrons. The van der Waals surface area contributed by atoms with Gasteiger partial charge in [-0.15, -0.1) is 24.0 Å². The van der Waals surface area contributed by atoms with E-state index in [9.17, 15) is 0 Å². The lowest BCUT2D eigenvalue weighted by molar-refractivity contribution is 0.0341. The van der Waals surface area contributed by atoms with Crippen molar-refractivity contribution in [2.75, 3.05) is 33.4 Å². The van der Waals surface area contributed by atoms with E-state index in [4.69, 9.17) is 10.00 Å². The number of halogens is 1. The SMILES string of the molecule is CN=C(NCc1ccc(C#N)cc1)NCc1ccccc1CN1CCOCC1.I. The highest BCUT2D eigenvalue weighted by atomic mass is 127. The van der Waals surface area contributed by atoms with Crippen LogP contribution in [0.15, 0.2) is 53.5 Å². The van der Waals surface area contributed by atoms with Crippen LogP contribution in [0.3, 0.4) is 0 Å². The third kappa shape index (κ3) is 7.31. The fourth-order valence-corrected chi connectivity index (χ4v) is 3.17. The van der Waals surface area contributed by atoms with E-state index in [0.29, 0.717) is 18.7 Å². The van der Waals surface area contributed by atoms with E-state index in [2.05, 4.69) is 50.9 Å². The number of guanidine groups is 1. The molecule has 0 bridgehead atoms. The third-order valence-electron chi connectivity index (χ3n) is 4.83. The van der Waals surface area contributed by atoms with Crippen LogP contribution in [0.1, 0.15) is 22.3 Å². The van der Waals surface area contributed by atoms with Crippen LogP contribution in [0.4, 0.5) is 0 Å². The highest BCUT2D eigenvalue weighted by Gasteiger charge is 2.12. The summed E-state index contributed by atoms with van der Waals surface area (Å²) in [7, 11) is 1.77. The molecule has 0 spiro atoms. The molecule has 1 aliphatic heterocycles. The summed E-state index contributed by atoms with van der Waals surface area (Å²) in [4.78, 5) is 6.74. The van der Waals surface area contributed by atoms with Crippen molar-refractivity contribution < 1.29 is 4.74 Å². The van der Waals surface area contributed by atoms with E-state index < -0.39 is 0 Å². The number of morpholine rings is 1. The highest BCUT2D eigenvalue weighted by Crippen LogP contribution is 2.13. The van der Waals surface area contributed by atoms with Gasteiger partial charge in [0.25, 0.3) is 0 Å². The van der Waals surface area contributed by atoms with Crippen molar-refractivity contribution in [1.29, 1.82) is 5.26 Å². The van der Waals surface area contributed by atoms with Gasteiger partial charge in [-0.25, -0.2) is 0 Å². The first-order valence-corrected chi connectivity index (χ1v) is 9.59. The van der Waals surface area contributed by atoms with Gasteiger partial charge in [-0.3, -0.25) is 9.89 Å². The molecule has 0 unspecified atom stereocenters. The zero-order valence-corrected chi connectivity index (χ0v) is 19.1. The van der Waals surface area contributed by atoms with Gasteiger partial charge in [0.2, 0.25) is 0 Å². The normalized spacial score (nSPS) is 14.6.